The van der Waals surface area contributed by atoms with E-state index in [1.54, 1.807) is 6.92 Å². The Morgan fingerprint density at radius 2 is 2.20 bits per heavy atom. The number of pyridine rings is 1. The van der Waals surface area contributed by atoms with Crippen LogP contribution in [0.4, 0.5) is 14.5 Å². The van der Waals surface area contributed by atoms with Crippen LogP contribution in [0.2, 0.25) is 0 Å². The zero-order chi connectivity index (χ0) is 15.3. The Bertz CT molecular complexity index is 522. The standard InChI is InChI=1S/C11H12F2N2O5/c1-3-20-8(16)5-6-4-7(19-2)10(15(17)18)9(14-6)11(12)13/h4,11H,3,5H2,1-2H3. The molecular formula is C11H12F2N2O5. The molecule has 0 spiro atoms. The average Bonchev–Trinajstić information content (AvgIpc) is 2.37. The summed E-state index contributed by atoms with van der Waals surface area (Å²) in [5.74, 6) is -1.05. The first kappa shape index (κ1) is 15.7. The van der Waals surface area contributed by atoms with Gasteiger partial charge in [-0.3, -0.25) is 14.9 Å². The zero-order valence-electron chi connectivity index (χ0n) is 10.8. The summed E-state index contributed by atoms with van der Waals surface area (Å²) in [7, 11) is 1.10. The number of alkyl halides is 2. The number of ether oxygens (including phenoxy) is 2. The van der Waals surface area contributed by atoms with Gasteiger partial charge in [-0.25, -0.2) is 13.8 Å². The Morgan fingerprint density at radius 1 is 1.55 bits per heavy atom. The van der Waals surface area contributed by atoms with Gasteiger partial charge in [0.15, 0.2) is 5.69 Å². The summed E-state index contributed by atoms with van der Waals surface area (Å²) in [5.41, 5.74) is -2.02. The van der Waals surface area contributed by atoms with Gasteiger partial charge in [-0.05, 0) is 6.92 Å². The Labute approximate surface area is 112 Å². The molecule has 20 heavy (non-hydrogen) atoms. The monoisotopic (exact) mass is 290 g/mol. The number of esters is 1. The fourth-order valence-corrected chi connectivity index (χ4v) is 1.53. The molecule has 110 valence electrons. The van der Waals surface area contributed by atoms with Crippen LogP contribution in [0.1, 0.15) is 24.7 Å². The number of hydrogen-bond acceptors (Lipinski definition) is 6. The molecule has 0 aliphatic carbocycles. The molecule has 0 radical (unpaired) electrons. The lowest BCUT2D eigenvalue weighted by Crippen LogP contribution is -2.11. The molecule has 9 heteroatoms. The van der Waals surface area contributed by atoms with Crippen molar-refractivity contribution >= 4 is 11.7 Å². The molecule has 0 saturated heterocycles. The molecule has 1 aromatic heterocycles. The van der Waals surface area contributed by atoms with Gasteiger partial charge in [0.1, 0.15) is 0 Å². The molecular weight excluding hydrogens is 278 g/mol. The van der Waals surface area contributed by atoms with E-state index in [2.05, 4.69) is 9.72 Å². The molecule has 1 rings (SSSR count). The van der Waals surface area contributed by atoms with Crippen molar-refractivity contribution in [1.82, 2.24) is 4.98 Å². The lowest BCUT2D eigenvalue weighted by atomic mass is 10.2. The molecule has 0 atom stereocenters. The summed E-state index contributed by atoms with van der Waals surface area (Å²) in [6.07, 6.45) is -3.53. The molecule has 0 unspecified atom stereocenters. The maximum atomic E-state index is 12.8. The van der Waals surface area contributed by atoms with Gasteiger partial charge in [0.05, 0.1) is 30.8 Å². The van der Waals surface area contributed by atoms with Gasteiger partial charge in [0.2, 0.25) is 5.75 Å². The van der Waals surface area contributed by atoms with Crippen molar-refractivity contribution in [3.63, 3.8) is 0 Å². The highest BCUT2D eigenvalue weighted by atomic mass is 19.3. The van der Waals surface area contributed by atoms with Crippen LogP contribution < -0.4 is 4.74 Å². The predicted molar refractivity (Wildman–Crippen MR) is 62.7 cm³/mol. The molecule has 0 saturated carbocycles. The molecule has 1 aromatic rings. The third-order valence-corrected chi connectivity index (χ3v) is 2.28. The van der Waals surface area contributed by atoms with Crippen LogP contribution in [0.3, 0.4) is 0 Å². The minimum Gasteiger partial charge on any atom is -0.490 e. The van der Waals surface area contributed by atoms with Crippen molar-refractivity contribution in [1.29, 1.82) is 0 Å². The van der Waals surface area contributed by atoms with Crippen molar-refractivity contribution in [2.24, 2.45) is 0 Å². The molecule has 0 aromatic carbocycles. The molecule has 0 amide bonds. The number of methoxy groups -OCH3 is 1. The summed E-state index contributed by atoms with van der Waals surface area (Å²) in [6, 6.07) is 1.07. The minimum atomic E-state index is -3.16. The van der Waals surface area contributed by atoms with Crippen molar-refractivity contribution in [3.8, 4) is 5.75 Å². The lowest BCUT2D eigenvalue weighted by Gasteiger charge is -2.09. The normalized spacial score (nSPS) is 10.4. The molecule has 0 fully saturated rings. The molecule has 1 heterocycles. The second-order valence-corrected chi connectivity index (χ2v) is 3.59. The number of rotatable bonds is 6. The largest absolute Gasteiger partial charge is 0.490 e. The highest BCUT2D eigenvalue weighted by Crippen LogP contribution is 2.35. The number of nitro groups is 1. The fraction of sp³-hybridized carbons (Fsp3) is 0.455. The van der Waals surface area contributed by atoms with E-state index in [-0.39, 0.29) is 24.5 Å². The maximum absolute atomic E-state index is 12.8. The topological polar surface area (TPSA) is 91.6 Å². The van der Waals surface area contributed by atoms with Gasteiger partial charge in [0.25, 0.3) is 6.43 Å². The highest BCUT2D eigenvalue weighted by Gasteiger charge is 2.30. The summed E-state index contributed by atoms with van der Waals surface area (Å²) < 4.78 is 35.0. The fourth-order valence-electron chi connectivity index (χ4n) is 1.53. The maximum Gasteiger partial charge on any atom is 0.338 e. The summed E-state index contributed by atoms with van der Waals surface area (Å²) in [6.45, 7) is 1.72. The molecule has 0 aliphatic heterocycles. The van der Waals surface area contributed by atoms with Gasteiger partial charge >= 0.3 is 11.7 Å². The zero-order valence-corrected chi connectivity index (χ0v) is 10.8. The van der Waals surface area contributed by atoms with Crippen LogP contribution in [0.15, 0.2) is 6.07 Å². The Balaban J connectivity index is 3.26. The van der Waals surface area contributed by atoms with E-state index in [9.17, 15) is 23.7 Å². The van der Waals surface area contributed by atoms with Crippen LogP contribution in [0.25, 0.3) is 0 Å². The van der Waals surface area contributed by atoms with E-state index in [4.69, 9.17) is 4.74 Å². The van der Waals surface area contributed by atoms with Crippen molar-refractivity contribution in [3.05, 3.63) is 27.6 Å². The molecule has 7 nitrogen and oxygen atoms in total. The van der Waals surface area contributed by atoms with E-state index < -0.39 is 28.7 Å². The highest BCUT2D eigenvalue weighted by molar-refractivity contribution is 5.72. The molecule has 0 N–H and O–H groups in total. The first-order valence-electron chi connectivity index (χ1n) is 5.56. The van der Waals surface area contributed by atoms with Crippen LogP contribution in [-0.4, -0.2) is 29.6 Å². The van der Waals surface area contributed by atoms with Gasteiger partial charge in [0, 0.05) is 6.07 Å². The van der Waals surface area contributed by atoms with Gasteiger partial charge in [-0.15, -0.1) is 0 Å². The van der Waals surface area contributed by atoms with Crippen molar-refractivity contribution in [2.45, 2.75) is 19.8 Å². The average molecular weight is 290 g/mol. The predicted octanol–water partition coefficient (Wildman–Crippen LogP) is 2.04. The lowest BCUT2D eigenvalue weighted by molar-refractivity contribution is -0.387. The molecule has 0 bridgehead atoms. The quantitative estimate of drug-likeness (QED) is 0.452. The van der Waals surface area contributed by atoms with Gasteiger partial charge in [-0.1, -0.05) is 0 Å². The number of carbonyl (C=O) groups excluding carboxylic acids is 1. The van der Waals surface area contributed by atoms with E-state index in [1.807, 2.05) is 0 Å². The van der Waals surface area contributed by atoms with E-state index in [1.165, 1.54) is 0 Å². The molecule has 0 aliphatic rings. The van der Waals surface area contributed by atoms with Gasteiger partial charge < -0.3 is 9.47 Å². The Kier molecular flexibility index (Phi) is 5.30. The third kappa shape index (κ3) is 3.59. The van der Waals surface area contributed by atoms with E-state index in [0.29, 0.717) is 0 Å². The number of aromatic nitrogens is 1. The van der Waals surface area contributed by atoms with Crippen LogP contribution >= 0.6 is 0 Å². The summed E-state index contributed by atoms with van der Waals surface area (Å²) in [4.78, 5) is 24.5. The Morgan fingerprint density at radius 3 is 2.65 bits per heavy atom. The first-order valence-corrected chi connectivity index (χ1v) is 5.56. The Hall–Kier alpha value is -2.32. The third-order valence-electron chi connectivity index (χ3n) is 2.28. The smallest absolute Gasteiger partial charge is 0.338 e. The number of nitrogens with zero attached hydrogens (tertiary/aromatic N) is 2. The number of carbonyl (C=O) groups is 1. The van der Waals surface area contributed by atoms with Crippen LogP contribution in [0, 0.1) is 10.1 Å². The summed E-state index contributed by atoms with van der Waals surface area (Å²) >= 11 is 0. The number of halogens is 2. The van der Waals surface area contributed by atoms with E-state index >= 15 is 0 Å². The van der Waals surface area contributed by atoms with Crippen molar-refractivity contribution in [2.75, 3.05) is 13.7 Å². The van der Waals surface area contributed by atoms with Gasteiger partial charge in [-0.2, -0.15) is 0 Å². The second-order valence-electron chi connectivity index (χ2n) is 3.59. The minimum absolute atomic E-state index is 0.0822. The van der Waals surface area contributed by atoms with Crippen molar-refractivity contribution < 1.29 is 28.0 Å². The van der Waals surface area contributed by atoms with E-state index in [0.717, 1.165) is 13.2 Å². The summed E-state index contributed by atoms with van der Waals surface area (Å²) in [5, 5.41) is 10.8. The first-order chi connectivity index (χ1) is 9.40. The second kappa shape index (κ2) is 6.73. The van der Waals surface area contributed by atoms with Crippen LogP contribution in [-0.2, 0) is 16.0 Å². The number of hydrogen-bond donors (Lipinski definition) is 0. The van der Waals surface area contributed by atoms with Crippen LogP contribution in [0.5, 0.6) is 5.75 Å². The SMILES string of the molecule is CCOC(=O)Cc1cc(OC)c([N+](=O)[O-])c(C(F)F)n1.